The number of carbonyl (C=O) groups excluding carboxylic acids is 1. The molecule has 1 aromatic rings. The maximum absolute atomic E-state index is 11.9. The summed E-state index contributed by atoms with van der Waals surface area (Å²) in [4.78, 5) is 14.3. The predicted octanol–water partition coefficient (Wildman–Crippen LogP) is 3.16. The number of nitrogens with zero attached hydrogens (tertiary/aromatic N) is 1. The summed E-state index contributed by atoms with van der Waals surface area (Å²) < 4.78 is 0. The molecule has 1 aromatic carbocycles. The van der Waals surface area contributed by atoms with Crippen molar-refractivity contribution in [2.24, 2.45) is 0 Å². The molecular formula is C16H27N3O. The Bertz CT molecular complexity index is 441. The molecule has 0 aromatic heterocycles. The number of likely N-dealkylation sites (N-methyl/N-ethyl adjacent to an activating group) is 1. The van der Waals surface area contributed by atoms with E-state index >= 15 is 0 Å². The van der Waals surface area contributed by atoms with Crippen LogP contribution in [0.3, 0.4) is 0 Å². The van der Waals surface area contributed by atoms with Gasteiger partial charge in [0, 0.05) is 18.3 Å². The molecule has 0 unspecified atom stereocenters. The average Bonchev–Trinajstić information content (AvgIpc) is 2.43. The fourth-order valence-electron chi connectivity index (χ4n) is 2.27. The normalized spacial score (nSPS) is 12.3. The minimum atomic E-state index is -0.141. The number of benzene rings is 1. The monoisotopic (exact) mass is 277 g/mol. The van der Waals surface area contributed by atoms with Gasteiger partial charge in [-0.25, -0.2) is 4.79 Å². The standard InChI is InChI=1S/C16H27N3O/c1-6-19(7-2)13(4)11-17-16(20)18-15-10-8-9-12(3)14(15)5/h8-10,13H,6-7,11H2,1-5H3,(H2,17,18,20)/t13-/m0/s1. The Morgan fingerprint density at radius 3 is 2.50 bits per heavy atom. The van der Waals surface area contributed by atoms with Crippen LogP contribution in [0.5, 0.6) is 0 Å². The molecule has 0 aliphatic rings. The lowest BCUT2D eigenvalue weighted by atomic mass is 10.1. The van der Waals surface area contributed by atoms with Crippen LogP contribution in [-0.4, -0.2) is 36.6 Å². The summed E-state index contributed by atoms with van der Waals surface area (Å²) in [5, 5.41) is 5.85. The lowest BCUT2D eigenvalue weighted by molar-refractivity contribution is 0.220. The van der Waals surface area contributed by atoms with E-state index in [1.807, 2.05) is 32.0 Å². The average molecular weight is 277 g/mol. The molecule has 0 saturated heterocycles. The van der Waals surface area contributed by atoms with E-state index < -0.39 is 0 Å². The van der Waals surface area contributed by atoms with Gasteiger partial charge < -0.3 is 10.6 Å². The molecule has 20 heavy (non-hydrogen) atoms. The van der Waals surface area contributed by atoms with Crippen LogP contribution < -0.4 is 10.6 Å². The highest BCUT2D eigenvalue weighted by atomic mass is 16.2. The molecule has 0 saturated carbocycles. The second kappa shape index (κ2) is 7.90. The van der Waals surface area contributed by atoms with Crippen molar-refractivity contribution >= 4 is 11.7 Å². The van der Waals surface area contributed by atoms with Crippen molar-refractivity contribution in [1.29, 1.82) is 0 Å². The van der Waals surface area contributed by atoms with Crippen LogP contribution in [0.2, 0.25) is 0 Å². The molecule has 2 N–H and O–H groups in total. The van der Waals surface area contributed by atoms with E-state index in [4.69, 9.17) is 0 Å². The quantitative estimate of drug-likeness (QED) is 0.839. The third-order valence-corrected chi connectivity index (χ3v) is 3.85. The van der Waals surface area contributed by atoms with Gasteiger partial charge in [-0.3, -0.25) is 4.90 Å². The highest BCUT2D eigenvalue weighted by Gasteiger charge is 2.11. The Morgan fingerprint density at radius 1 is 1.25 bits per heavy atom. The molecule has 0 radical (unpaired) electrons. The molecule has 4 heteroatoms. The summed E-state index contributed by atoms with van der Waals surface area (Å²) in [6.45, 7) is 13.1. The summed E-state index contributed by atoms with van der Waals surface area (Å²) in [5.74, 6) is 0. The summed E-state index contributed by atoms with van der Waals surface area (Å²) in [6.07, 6.45) is 0. The number of hydrogen-bond donors (Lipinski definition) is 2. The predicted molar refractivity (Wildman–Crippen MR) is 85.3 cm³/mol. The molecule has 4 nitrogen and oxygen atoms in total. The molecule has 0 heterocycles. The van der Waals surface area contributed by atoms with E-state index in [2.05, 4.69) is 36.3 Å². The van der Waals surface area contributed by atoms with Gasteiger partial charge in [-0.15, -0.1) is 0 Å². The van der Waals surface area contributed by atoms with Crippen molar-refractivity contribution in [2.45, 2.75) is 40.7 Å². The number of nitrogens with one attached hydrogen (secondary N) is 2. The van der Waals surface area contributed by atoms with Gasteiger partial charge in [-0.2, -0.15) is 0 Å². The molecular weight excluding hydrogens is 250 g/mol. The second-order valence-corrected chi connectivity index (χ2v) is 5.15. The van der Waals surface area contributed by atoms with Crippen LogP contribution in [0.25, 0.3) is 0 Å². The molecule has 0 aliphatic carbocycles. The van der Waals surface area contributed by atoms with E-state index in [0.29, 0.717) is 12.6 Å². The minimum Gasteiger partial charge on any atom is -0.336 e. The Balaban J connectivity index is 2.50. The highest BCUT2D eigenvalue weighted by molar-refractivity contribution is 5.90. The SMILES string of the molecule is CCN(CC)[C@@H](C)CNC(=O)Nc1cccc(C)c1C. The number of rotatable bonds is 6. The molecule has 0 spiro atoms. The molecule has 2 amide bonds. The summed E-state index contributed by atoms with van der Waals surface area (Å²) in [6, 6.07) is 6.12. The first-order valence-corrected chi connectivity index (χ1v) is 7.34. The fourth-order valence-corrected chi connectivity index (χ4v) is 2.27. The minimum absolute atomic E-state index is 0.141. The molecule has 0 fully saturated rings. The van der Waals surface area contributed by atoms with Crippen molar-refractivity contribution in [3.8, 4) is 0 Å². The molecule has 0 bridgehead atoms. The van der Waals surface area contributed by atoms with Gasteiger partial charge in [0.25, 0.3) is 0 Å². The number of carbonyl (C=O) groups is 1. The second-order valence-electron chi connectivity index (χ2n) is 5.15. The Hall–Kier alpha value is -1.55. The maximum atomic E-state index is 11.9. The molecule has 1 atom stereocenters. The fraction of sp³-hybridized carbons (Fsp3) is 0.562. The van der Waals surface area contributed by atoms with E-state index in [9.17, 15) is 4.79 Å². The first-order valence-electron chi connectivity index (χ1n) is 7.34. The van der Waals surface area contributed by atoms with Gasteiger partial charge in [0.1, 0.15) is 0 Å². The third kappa shape index (κ3) is 4.53. The smallest absolute Gasteiger partial charge is 0.319 e. The van der Waals surface area contributed by atoms with Gasteiger partial charge in [-0.1, -0.05) is 26.0 Å². The molecule has 1 rings (SSSR count). The van der Waals surface area contributed by atoms with Crippen molar-refractivity contribution < 1.29 is 4.79 Å². The van der Waals surface area contributed by atoms with Crippen LogP contribution in [0.1, 0.15) is 31.9 Å². The van der Waals surface area contributed by atoms with E-state index in [0.717, 1.165) is 24.3 Å². The van der Waals surface area contributed by atoms with Crippen molar-refractivity contribution in [3.63, 3.8) is 0 Å². The maximum Gasteiger partial charge on any atom is 0.319 e. The first-order chi connectivity index (χ1) is 9.49. The van der Waals surface area contributed by atoms with E-state index in [-0.39, 0.29) is 6.03 Å². The lowest BCUT2D eigenvalue weighted by Gasteiger charge is -2.26. The summed E-state index contributed by atoms with van der Waals surface area (Å²) >= 11 is 0. The Labute approximate surface area is 122 Å². The van der Waals surface area contributed by atoms with Crippen LogP contribution >= 0.6 is 0 Å². The zero-order valence-corrected chi connectivity index (χ0v) is 13.3. The number of hydrogen-bond acceptors (Lipinski definition) is 2. The van der Waals surface area contributed by atoms with E-state index in [1.165, 1.54) is 5.56 Å². The van der Waals surface area contributed by atoms with Gasteiger partial charge in [0.15, 0.2) is 0 Å². The topological polar surface area (TPSA) is 44.4 Å². The van der Waals surface area contributed by atoms with Gasteiger partial charge in [-0.05, 0) is 51.1 Å². The van der Waals surface area contributed by atoms with Gasteiger partial charge in [0.05, 0.1) is 0 Å². The number of anilines is 1. The summed E-state index contributed by atoms with van der Waals surface area (Å²) in [5.41, 5.74) is 3.16. The summed E-state index contributed by atoms with van der Waals surface area (Å²) in [7, 11) is 0. The molecule has 112 valence electrons. The zero-order valence-electron chi connectivity index (χ0n) is 13.3. The lowest BCUT2D eigenvalue weighted by Crippen LogP contribution is -2.43. The van der Waals surface area contributed by atoms with Crippen molar-refractivity contribution in [3.05, 3.63) is 29.3 Å². The van der Waals surface area contributed by atoms with Gasteiger partial charge >= 0.3 is 6.03 Å². The Morgan fingerprint density at radius 2 is 1.90 bits per heavy atom. The van der Waals surface area contributed by atoms with Crippen LogP contribution in [0.4, 0.5) is 10.5 Å². The van der Waals surface area contributed by atoms with Crippen molar-refractivity contribution in [1.82, 2.24) is 10.2 Å². The zero-order chi connectivity index (χ0) is 15.1. The van der Waals surface area contributed by atoms with Crippen LogP contribution in [-0.2, 0) is 0 Å². The van der Waals surface area contributed by atoms with Crippen LogP contribution in [0, 0.1) is 13.8 Å². The number of amides is 2. The van der Waals surface area contributed by atoms with Crippen molar-refractivity contribution in [2.75, 3.05) is 25.0 Å². The molecule has 0 aliphatic heterocycles. The van der Waals surface area contributed by atoms with Crippen LogP contribution in [0.15, 0.2) is 18.2 Å². The number of urea groups is 1. The largest absolute Gasteiger partial charge is 0.336 e. The number of aryl methyl sites for hydroxylation is 1. The Kier molecular flexibility index (Phi) is 6.52. The van der Waals surface area contributed by atoms with E-state index in [1.54, 1.807) is 0 Å². The highest BCUT2D eigenvalue weighted by Crippen LogP contribution is 2.17. The first kappa shape index (κ1) is 16.5. The third-order valence-electron chi connectivity index (χ3n) is 3.85. The van der Waals surface area contributed by atoms with Gasteiger partial charge in [0.2, 0.25) is 0 Å².